The zero-order chi connectivity index (χ0) is 18.5. The first kappa shape index (κ1) is 18.5. The lowest BCUT2D eigenvalue weighted by molar-refractivity contribution is 0.201. The van der Waals surface area contributed by atoms with Gasteiger partial charge in [0.25, 0.3) is 0 Å². The Bertz CT molecular complexity index is 696. The second kappa shape index (κ2) is 8.36. The minimum atomic E-state index is -0.266. The molecule has 0 bridgehead atoms. The third kappa shape index (κ3) is 4.43. The van der Waals surface area contributed by atoms with Crippen molar-refractivity contribution in [1.29, 1.82) is 0 Å². The zero-order valence-electron chi connectivity index (χ0n) is 15.2. The van der Waals surface area contributed by atoms with Gasteiger partial charge < -0.3 is 15.1 Å². The van der Waals surface area contributed by atoms with E-state index in [1.807, 2.05) is 31.1 Å². The molecule has 2 atom stereocenters. The van der Waals surface area contributed by atoms with E-state index in [4.69, 9.17) is 4.42 Å². The van der Waals surface area contributed by atoms with Crippen LogP contribution in [0.4, 0.5) is 9.18 Å². The van der Waals surface area contributed by atoms with Crippen LogP contribution >= 0.6 is 0 Å². The average Bonchev–Trinajstić information content (AvgIpc) is 3.07. The third-order valence-electron chi connectivity index (χ3n) is 5.09. The second-order valence-corrected chi connectivity index (χ2v) is 7.07. The molecule has 1 aliphatic carbocycles. The summed E-state index contributed by atoms with van der Waals surface area (Å²) in [6.45, 7) is 0.438. The quantitative estimate of drug-likeness (QED) is 0.789. The fourth-order valence-electron chi connectivity index (χ4n) is 3.32. The van der Waals surface area contributed by atoms with E-state index < -0.39 is 0 Å². The molecule has 1 aromatic heterocycles. The molecule has 6 heteroatoms. The molecule has 0 aliphatic heterocycles. The van der Waals surface area contributed by atoms with Crippen molar-refractivity contribution in [2.45, 2.75) is 31.3 Å². The molecule has 5 nitrogen and oxygen atoms in total. The van der Waals surface area contributed by atoms with Crippen LogP contribution in [0.2, 0.25) is 0 Å². The summed E-state index contributed by atoms with van der Waals surface area (Å²) >= 11 is 0. The van der Waals surface area contributed by atoms with Gasteiger partial charge in [0.05, 0.1) is 18.3 Å². The van der Waals surface area contributed by atoms with E-state index in [0.717, 1.165) is 24.2 Å². The van der Waals surface area contributed by atoms with E-state index in [2.05, 4.69) is 10.6 Å². The SMILES string of the molecule is CN(C)C(CNC(=O)NC(c1ccc(F)cc1)C1CCC1)c1ccco1. The van der Waals surface area contributed by atoms with Crippen molar-refractivity contribution < 1.29 is 13.6 Å². The maximum atomic E-state index is 13.2. The molecule has 2 aromatic rings. The largest absolute Gasteiger partial charge is 0.468 e. The molecule has 140 valence electrons. The van der Waals surface area contributed by atoms with Crippen LogP contribution in [-0.2, 0) is 0 Å². The lowest BCUT2D eigenvalue weighted by Crippen LogP contribution is -2.44. The summed E-state index contributed by atoms with van der Waals surface area (Å²) in [6, 6.07) is 9.79. The highest BCUT2D eigenvalue weighted by Crippen LogP contribution is 2.37. The number of furan rings is 1. The number of carbonyl (C=O) groups is 1. The Morgan fingerprint density at radius 2 is 2.00 bits per heavy atom. The van der Waals surface area contributed by atoms with Crippen LogP contribution in [-0.4, -0.2) is 31.6 Å². The molecule has 1 saturated carbocycles. The molecular formula is C20H26FN3O2. The number of urea groups is 1. The molecule has 0 saturated heterocycles. The van der Waals surface area contributed by atoms with E-state index in [9.17, 15) is 9.18 Å². The maximum Gasteiger partial charge on any atom is 0.315 e. The van der Waals surface area contributed by atoms with Crippen molar-refractivity contribution in [2.75, 3.05) is 20.6 Å². The van der Waals surface area contributed by atoms with E-state index >= 15 is 0 Å². The van der Waals surface area contributed by atoms with Crippen molar-refractivity contribution in [2.24, 2.45) is 5.92 Å². The van der Waals surface area contributed by atoms with Crippen LogP contribution in [0, 0.1) is 11.7 Å². The van der Waals surface area contributed by atoms with Gasteiger partial charge in [-0.3, -0.25) is 4.90 Å². The average molecular weight is 359 g/mol. The topological polar surface area (TPSA) is 57.5 Å². The maximum absolute atomic E-state index is 13.2. The summed E-state index contributed by atoms with van der Waals surface area (Å²) in [5.74, 6) is 0.947. The Kier molecular flexibility index (Phi) is 5.93. The van der Waals surface area contributed by atoms with Gasteiger partial charge in [-0.15, -0.1) is 0 Å². The van der Waals surface area contributed by atoms with Gasteiger partial charge in [-0.1, -0.05) is 18.6 Å². The van der Waals surface area contributed by atoms with Crippen molar-refractivity contribution in [3.63, 3.8) is 0 Å². The standard InChI is InChI=1S/C20H26FN3O2/c1-24(2)17(18-7-4-12-26-18)13-22-20(25)23-19(14-5-3-6-14)15-8-10-16(21)11-9-15/h4,7-12,14,17,19H,3,5-6,13H2,1-2H3,(H2,22,23,25). The Labute approximate surface area is 153 Å². The van der Waals surface area contributed by atoms with Crippen molar-refractivity contribution in [3.05, 3.63) is 59.8 Å². The second-order valence-electron chi connectivity index (χ2n) is 7.07. The highest BCUT2D eigenvalue weighted by atomic mass is 19.1. The number of nitrogens with one attached hydrogen (secondary N) is 2. The van der Waals surface area contributed by atoms with Gasteiger partial charge in [-0.25, -0.2) is 9.18 Å². The number of likely N-dealkylation sites (N-methyl/N-ethyl adjacent to an activating group) is 1. The molecule has 1 heterocycles. The predicted molar refractivity (Wildman–Crippen MR) is 98.2 cm³/mol. The summed E-state index contributed by atoms with van der Waals surface area (Å²) in [7, 11) is 3.89. The van der Waals surface area contributed by atoms with E-state index in [1.165, 1.54) is 18.6 Å². The molecule has 26 heavy (non-hydrogen) atoms. The van der Waals surface area contributed by atoms with Crippen LogP contribution in [0.1, 0.15) is 42.7 Å². The number of amides is 2. The third-order valence-corrected chi connectivity index (χ3v) is 5.09. The molecule has 1 fully saturated rings. The summed E-state index contributed by atoms with van der Waals surface area (Å²) < 4.78 is 18.7. The van der Waals surface area contributed by atoms with Gasteiger partial charge in [-0.05, 0) is 62.7 Å². The Morgan fingerprint density at radius 1 is 1.27 bits per heavy atom. The number of hydrogen-bond donors (Lipinski definition) is 2. The molecular weight excluding hydrogens is 333 g/mol. The molecule has 1 aliphatic rings. The smallest absolute Gasteiger partial charge is 0.315 e. The highest BCUT2D eigenvalue weighted by Gasteiger charge is 2.30. The monoisotopic (exact) mass is 359 g/mol. The number of nitrogens with zero attached hydrogens (tertiary/aromatic N) is 1. The Balaban J connectivity index is 1.61. The van der Waals surface area contributed by atoms with E-state index in [1.54, 1.807) is 18.4 Å². The zero-order valence-corrected chi connectivity index (χ0v) is 15.2. The fraction of sp³-hybridized carbons (Fsp3) is 0.450. The van der Waals surface area contributed by atoms with Crippen LogP contribution in [0.15, 0.2) is 47.1 Å². The highest BCUT2D eigenvalue weighted by molar-refractivity contribution is 5.74. The number of hydrogen-bond acceptors (Lipinski definition) is 3. The molecule has 0 spiro atoms. The van der Waals surface area contributed by atoms with Crippen molar-refractivity contribution in [3.8, 4) is 0 Å². The van der Waals surface area contributed by atoms with Gasteiger partial charge in [0.2, 0.25) is 0 Å². The molecule has 1 aromatic carbocycles. The van der Waals surface area contributed by atoms with Crippen LogP contribution in [0.3, 0.4) is 0 Å². The van der Waals surface area contributed by atoms with Gasteiger partial charge in [0.1, 0.15) is 11.6 Å². The summed E-state index contributed by atoms with van der Waals surface area (Å²) in [5.41, 5.74) is 0.946. The lowest BCUT2D eigenvalue weighted by atomic mass is 9.77. The Morgan fingerprint density at radius 3 is 2.54 bits per heavy atom. The predicted octanol–water partition coefficient (Wildman–Crippen LogP) is 3.86. The summed E-state index contributed by atoms with van der Waals surface area (Å²) in [4.78, 5) is 14.5. The fourth-order valence-corrected chi connectivity index (χ4v) is 3.32. The molecule has 3 rings (SSSR count). The van der Waals surface area contributed by atoms with E-state index in [0.29, 0.717) is 12.5 Å². The van der Waals surface area contributed by atoms with E-state index in [-0.39, 0.29) is 23.9 Å². The number of rotatable bonds is 7. The number of halogens is 1. The van der Waals surface area contributed by atoms with Gasteiger partial charge in [0.15, 0.2) is 0 Å². The summed E-state index contributed by atoms with van der Waals surface area (Å²) in [6.07, 6.45) is 4.96. The van der Waals surface area contributed by atoms with Crippen molar-refractivity contribution in [1.82, 2.24) is 15.5 Å². The summed E-state index contributed by atoms with van der Waals surface area (Å²) in [5, 5.41) is 6.01. The molecule has 2 N–H and O–H groups in total. The Hall–Kier alpha value is -2.34. The van der Waals surface area contributed by atoms with Crippen LogP contribution < -0.4 is 10.6 Å². The number of carbonyl (C=O) groups excluding carboxylic acids is 1. The minimum absolute atomic E-state index is 0.0382. The minimum Gasteiger partial charge on any atom is -0.468 e. The lowest BCUT2D eigenvalue weighted by Gasteiger charge is -2.35. The van der Waals surface area contributed by atoms with Gasteiger partial charge in [0, 0.05) is 6.54 Å². The number of benzene rings is 1. The van der Waals surface area contributed by atoms with Gasteiger partial charge >= 0.3 is 6.03 Å². The normalized spacial score (nSPS) is 16.8. The van der Waals surface area contributed by atoms with Crippen LogP contribution in [0.25, 0.3) is 0 Å². The molecule has 0 radical (unpaired) electrons. The molecule has 2 unspecified atom stereocenters. The van der Waals surface area contributed by atoms with Gasteiger partial charge in [-0.2, -0.15) is 0 Å². The first-order chi connectivity index (χ1) is 12.5. The molecule has 2 amide bonds. The first-order valence-electron chi connectivity index (χ1n) is 9.04. The first-order valence-corrected chi connectivity index (χ1v) is 9.04. The van der Waals surface area contributed by atoms with Crippen LogP contribution in [0.5, 0.6) is 0 Å². The van der Waals surface area contributed by atoms with Crippen molar-refractivity contribution >= 4 is 6.03 Å².